The molecular weight excluding hydrogens is 180 g/mol. The van der Waals surface area contributed by atoms with Crippen LogP contribution in [-0.2, 0) is 0 Å². The maximum absolute atomic E-state index is 5.86. The largest absolute Gasteiger partial charge is 0.0991 e. The highest BCUT2D eigenvalue weighted by Crippen LogP contribution is 2.15. The highest BCUT2D eigenvalue weighted by molar-refractivity contribution is 6.31. The van der Waals surface area contributed by atoms with Crippen LogP contribution in [0.4, 0.5) is 0 Å². The molecular formula is C12H17Cl. The van der Waals surface area contributed by atoms with Gasteiger partial charge in [-0.15, -0.1) is 0 Å². The summed E-state index contributed by atoms with van der Waals surface area (Å²) < 4.78 is 0. The van der Waals surface area contributed by atoms with E-state index >= 15 is 0 Å². The number of halogens is 1. The Balaban J connectivity index is 4.19. The van der Waals surface area contributed by atoms with Crippen LogP contribution in [0.3, 0.4) is 0 Å². The number of hydrogen-bond donors (Lipinski definition) is 0. The van der Waals surface area contributed by atoms with Gasteiger partial charge in [-0.3, -0.25) is 0 Å². The van der Waals surface area contributed by atoms with E-state index < -0.39 is 0 Å². The van der Waals surface area contributed by atoms with Crippen LogP contribution >= 0.6 is 11.6 Å². The SMILES string of the molecule is C=C/C=C/C(Cl)=C/C=C/C(C)(C)C. The van der Waals surface area contributed by atoms with Crippen LogP contribution in [0.1, 0.15) is 20.8 Å². The quantitative estimate of drug-likeness (QED) is 0.585. The third-order valence-corrected chi connectivity index (χ3v) is 1.50. The van der Waals surface area contributed by atoms with E-state index in [1.807, 2.05) is 24.3 Å². The minimum absolute atomic E-state index is 0.204. The zero-order valence-corrected chi connectivity index (χ0v) is 9.31. The lowest BCUT2D eigenvalue weighted by atomic mass is 9.96. The van der Waals surface area contributed by atoms with Crippen molar-refractivity contribution < 1.29 is 0 Å². The molecule has 0 saturated heterocycles. The summed E-state index contributed by atoms with van der Waals surface area (Å²) in [7, 11) is 0. The molecule has 0 aromatic heterocycles. The molecule has 0 heterocycles. The van der Waals surface area contributed by atoms with Crippen LogP contribution in [0.15, 0.2) is 48.1 Å². The standard InChI is InChI=1S/C12H17Cl/c1-5-6-8-11(13)9-7-10-12(2,3)4/h5-10H,1H2,2-4H3/b8-6+,10-7+,11-9-. The zero-order valence-electron chi connectivity index (χ0n) is 8.55. The normalized spacial score (nSPS) is 14.3. The van der Waals surface area contributed by atoms with Gasteiger partial charge in [-0.25, -0.2) is 0 Å². The molecule has 72 valence electrons. The van der Waals surface area contributed by atoms with E-state index in [9.17, 15) is 0 Å². The molecule has 0 atom stereocenters. The Morgan fingerprint density at radius 3 is 2.31 bits per heavy atom. The average molecular weight is 197 g/mol. The van der Waals surface area contributed by atoms with Crippen molar-refractivity contribution in [2.75, 3.05) is 0 Å². The van der Waals surface area contributed by atoms with Gasteiger partial charge in [0, 0.05) is 5.03 Å². The summed E-state index contributed by atoms with van der Waals surface area (Å²) >= 11 is 5.86. The predicted molar refractivity (Wildman–Crippen MR) is 61.9 cm³/mol. The Morgan fingerprint density at radius 2 is 1.85 bits per heavy atom. The van der Waals surface area contributed by atoms with Crippen molar-refractivity contribution in [3.63, 3.8) is 0 Å². The first-order valence-electron chi connectivity index (χ1n) is 4.30. The van der Waals surface area contributed by atoms with Gasteiger partial charge in [0.25, 0.3) is 0 Å². The molecule has 0 nitrogen and oxygen atoms in total. The van der Waals surface area contributed by atoms with Gasteiger partial charge in [-0.1, -0.05) is 63.3 Å². The molecule has 0 unspecified atom stereocenters. The van der Waals surface area contributed by atoms with Gasteiger partial charge in [0.1, 0.15) is 0 Å². The Hall–Kier alpha value is -0.750. The summed E-state index contributed by atoms with van der Waals surface area (Å²) in [4.78, 5) is 0. The maximum atomic E-state index is 5.86. The topological polar surface area (TPSA) is 0 Å². The van der Waals surface area contributed by atoms with Crippen molar-refractivity contribution in [2.45, 2.75) is 20.8 Å². The third kappa shape index (κ3) is 9.16. The summed E-state index contributed by atoms with van der Waals surface area (Å²) in [5.41, 5.74) is 0.204. The lowest BCUT2D eigenvalue weighted by molar-refractivity contribution is 0.544. The van der Waals surface area contributed by atoms with Gasteiger partial charge in [0.15, 0.2) is 0 Å². The molecule has 0 rings (SSSR count). The molecule has 13 heavy (non-hydrogen) atoms. The van der Waals surface area contributed by atoms with Gasteiger partial charge in [-0.2, -0.15) is 0 Å². The fraction of sp³-hybridized carbons (Fsp3) is 0.333. The molecule has 0 saturated carbocycles. The van der Waals surface area contributed by atoms with Gasteiger partial charge < -0.3 is 0 Å². The van der Waals surface area contributed by atoms with Crippen LogP contribution in [0.25, 0.3) is 0 Å². The van der Waals surface area contributed by atoms with E-state index in [4.69, 9.17) is 11.6 Å². The van der Waals surface area contributed by atoms with Gasteiger partial charge >= 0.3 is 0 Å². The molecule has 0 N–H and O–H groups in total. The minimum Gasteiger partial charge on any atom is -0.0991 e. The first kappa shape index (κ1) is 12.2. The van der Waals surface area contributed by atoms with Crippen LogP contribution in [0.2, 0.25) is 0 Å². The highest BCUT2D eigenvalue weighted by Gasteiger charge is 2.01. The third-order valence-electron chi connectivity index (χ3n) is 1.24. The molecule has 1 heteroatoms. The fourth-order valence-electron chi connectivity index (χ4n) is 0.644. The second kappa shape index (κ2) is 5.82. The Morgan fingerprint density at radius 1 is 1.23 bits per heavy atom. The van der Waals surface area contributed by atoms with Crippen LogP contribution in [0.5, 0.6) is 0 Å². The summed E-state index contributed by atoms with van der Waals surface area (Å²) in [5.74, 6) is 0. The van der Waals surface area contributed by atoms with Crippen molar-refractivity contribution in [1.29, 1.82) is 0 Å². The summed E-state index contributed by atoms with van der Waals surface area (Å²) in [6.45, 7) is 9.99. The van der Waals surface area contributed by atoms with Crippen LogP contribution in [0, 0.1) is 5.41 Å². The summed E-state index contributed by atoms with van der Waals surface area (Å²) in [6, 6.07) is 0. The Labute approximate surface area is 86.3 Å². The van der Waals surface area contributed by atoms with Crippen LogP contribution in [-0.4, -0.2) is 0 Å². The first-order chi connectivity index (χ1) is 5.95. The Kier molecular flexibility index (Phi) is 5.48. The number of allylic oxidation sites excluding steroid dienone is 7. The lowest BCUT2D eigenvalue weighted by Gasteiger charge is -2.09. The predicted octanol–water partition coefficient (Wildman–Crippen LogP) is 4.45. The fourth-order valence-corrected chi connectivity index (χ4v) is 0.790. The lowest BCUT2D eigenvalue weighted by Crippen LogP contribution is -1.97. The summed E-state index contributed by atoms with van der Waals surface area (Å²) in [5, 5.41) is 0.709. The number of hydrogen-bond acceptors (Lipinski definition) is 0. The van der Waals surface area contributed by atoms with Crippen molar-refractivity contribution in [1.82, 2.24) is 0 Å². The zero-order chi connectivity index (χ0) is 10.3. The monoisotopic (exact) mass is 196 g/mol. The molecule has 0 aromatic carbocycles. The molecule has 0 aromatic rings. The molecule has 0 aliphatic rings. The van der Waals surface area contributed by atoms with Gasteiger partial charge in [0.05, 0.1) is 0 Å². The molecule has 0 bridgehead atoms. The first-order valence-corrected chi connectivity index (χ1v) is 4.67. The van der Waals surface area contributed by atoms with E-state index in [2.05, 4.69) is 33.4 Å². The maximum Gasteiger partial charge on any atom is 0.0405 e. The van der Waals surface area contributed by atoms with Crippen LogP contribution < -0.4 is 0 Å². The van der Waals surface area contributed by atoms with E-state index in [1.165, 1.54) is 0 Å². The molecule has 0 spiro atoms. The van der Waals surface area contributed by atoms with Crippen molar-refractivity contribution in [3.05, 3.63) is 48.1 Å². The Bertz CT molecular complexity index is 236. The van der Waals surface area contributed by atoms with Crippen molar-refractivity contribution >= 4 is 11.6 Å². The second-order valence-corrected chi connectivity index (χ2v) is 4.31. The smallest absolute Gasteiger partial charge is 0.0405 e. The average Bonchev–Trinajstić information content (AvgIpc) is 1.98. The summed E-state index contributed by atoms with van der Waals surface area (Å²) in [6.07, 6.45) is 11.3. The van der Waals surface area contributed by atoms with E-state index in [0.29, 0.717) is 5.03 Å². The number of rotatable bonds is 3. The van der Waals surface area contributed by atoms with E-state index in [-0.39, 0.29) is 5.41 Å². The van der Waals surface area contributed by atoms with Crippen molar-refractivity contribution in [2.24, 2.45) is 5.41 Å². The molecule has 0 aliphatic carbocycles. The minimum atomic E-state index is 0.204. The second-order valence-electron chi connectivity index (χ2n) is 3.87. The highest BCUT2D eigenvalue weighted by atomic mass is 35.5. The molecule has 0 radical (unpaired) electrons. The van der Waals surface area contributed by atoms with E-state index in [0.717, 1.165) is 0 Å². The van der Waals surface area contributed by atoms with Crippen molar-refractivity contribution in [3.8, 4) is 0 Å². The molecule has 0 aliphatic heterocycles. The molecule has 0 amide bonds. The van der Waals surface area contributed by atoms with E-state index in [1.54, 1.807) is 6.08 Å². The molecule has 0 fully saturated rings. The van der Waals surface area contributed by atoms with Gasteiger partial charge in [0.2, 0.25) is 0 Å². The van der Waals surface area contributed by atoms with Gasteiger partial charge in [-0.05, 0) is 17.6 Å².